The molecular weight excluding hydrogens is 224 g/mol. The van der Waals surface area contributed by atoms with Crippen molar-refractivity contribution in [2.75, 3.05) is 6.61 Å². The summed E-state index contributed by atoms with van der Waals surface area (Å²) in [5.41, 5.74) is 6.51. The van der Waals surface area contributed by atoms with Crippen LogP contribution < -0.4 is 5.73 Å². The Bertz CT molecular complexity index is 397. The highest BCUT2D eigenvalue weighted by Gasteiger charge is 2.27. The van der Waals surface area contributed by atoms with Crippen LogP contribution in [0, 0.1) is 17.6 Å². The highest BCUT2D eigenvalue weighted by molar-refractivity contribution is 5.19. The quantitative estimate of drug-likeness (QED) is 0.881. The van der Waals surface area contributed by atoms with Gasteiger partial charge in [0.15, 0.2) is 0 Å². The van der Waals surface area contributed by atoms with Crippen molar-refractivity contribution in [1.29, 1.82) is 0 Å². The van der Waals surface area contributed by atoms with E-state index in [2.05, 4.69) is 0 Å². The van der Waals surface area contributed by atoms with Crippen LogP contribution in [0.25, 0.3) is 0 Å². The molecule has 0 bridgehead atoms. The van der Waals surface area contributed by atoms with Gasteiger partial charge in [0.2, 0.25) is 0 Å². The van der Waals surface area contributed by atoms with Crippen LogP contribution >= 0.6 is 0 Å². The molecule has 1 heterocycles. The summed E-state index contributed by atoms with van der Waals surface area (Å²) in [5.74, 6) is -0.820. The molecule has 2 rings (SSSR count). The number of nitrogens with two attached hydrogens (primary N) is 1. The van der Waals surface area contributed by atoms with Gasteiger partial charge in [0, 0.05) is 18.0 Å². The molecule has 1 fully saturated rings. The summed E-state index contributed by atoms with van der Waals surface area (Å²) in [6.07, 6.45) is 1.56. The molecule has 0 amide bonds. The average Bonchev–Trinajstić information content (AvgIpc) is 2.69. The zero-order valence-electron chi connectivity index (χ0n) is 9.83. The molecule has 1 aromatic carbocycles. The third-order valence-electron chi connectivity index (χ3n) is 3.31. The number of ether oxygens (including phenoxy) is 1. The van der Waals surface area contributed by atoms with Crippen molar-refractivity contribution in [3.63, 3.8) is 0 Å². The van der Waals surface area contributed by atoms with Crippen LogP contribution in [0.3, 0.4) is 0 Å². The van der Waals surface area contributed by atoms with Crippen molar-refractivity contribution >= 4 is 0 Å². The Morgan fingerprint density at radius 1 is 1.47 bits per heavy atom. The molecule has 1 saturated heterocycles. The first kappa shape index (κ1) is 12.5. The number of halogens is 2. The molecule has 1 aliphatic rings. The highest BCUT2D eigenvalue weighted by atomic mass is 19.1. The lowest BCUT2D eigenvalue weighted by Crippen LogP contribution is -2.33. The van der Waals surface area contributed by atoms with Crippen LogP contribution in [-0.2, 0) is 11.2 Å². The Balaban J connectivity index is 2.00. The molecule has 3 unspecified atom stereocenters. The molecule has 0 aromatic heterocycles. The minimum Gasteiger partial charge on any atom is -0.378 e. The second-order valence-electron chi connectivity index (χ2n) is 4.74. The molecule has 2 N–H and O–H groups in total. The van der Waals surface area contributed by atoms with Crippen molar-refractivity contribution in [3.8, 4) is 0 Å². The first-order valence-electron chi connectivity index (χ1n) is 5.87. The van der Waals surface area contributed by atoms with Gasteiger partial charge >= 0.3 is 0 Å². The predicted octanol–water partition coefficient (Wildman–Crippen LogP) is 2.26. The maximum Gasteiger partial charge on any atom is 0.129 e. The molecule has 0 aliphatic carbocycles. The van der Waals surface area contributed by atoms with Gasteiger partial charge in [-0.3, -0.25) is 0 Å². The average molecular weight is 241 g/mol. The summed E-state index contributed by atoms with van der Waals surface area (Å²) in [6, 6.07) is 3.48. The van der Waals surface area contributed by atoms with Crippen molar-refractivity contribution in [2.45, 2.75) is 31.9 Å². The normalized spacial score (nSPS) is 26.1. The molecule has 0 saturated carbocycles. The van der Waals surface area contributed by atoms with E-state index in [1.807, 2.05) is 6.92 Å². The first-order chi connectivity index (χ1) is 8.06. The van der Waals surface area contributed by atoms with Crippen LogP contribution in [0.15, 0.2) is 18.2 Å². The first-order valence-corrected chi connectivity index (χ1v) is 5.87. The van der Waals surface area contributed by atoms with Gasteiger partial charge in [-0.15, -0.1) is 0 Å². The Labute approximate surface area is 99.8 Å². The summed E-state index contributed by atoms with van der Waals surface area (Å²) in [6.45, 7) is 2.64. The minimum absolute atomic E-state index is 0.139. The van der Waals surface area contributed by atoms with E-state index in [0.29, 0.717) is 18.6 Å². The maximum absolute atomic E-state index is 13.4. The zero-order valence-corrected chi connectivity index (χ0v) is 9.83. The Morgan fingerprint density at radius 3 is 2.82 bits per heavy atom. The van der Waals surface area contributed by atoms with Crippen LogP contribution in [-0.4, -0.2) is 18.8 Å². The third-order valence-corrected chi connectivity index (χ3v) is 3.31. The van der Waals surface area contributed by atoms with Crippen molar-refractivity contribution in [3.05, 3.63) is 35.4 Å². The molecule has 94 valence electrons. The minimum atomic E-state index is -0.558. The van der Waals surface area contributed by atoms with E-state index in [1.165, 1.54) is 12.1 Å². The number of hydrogen-bond donors (Lipinski definition) is 1. The van der Waals surface area contributed by atoms with Crippen LogP contribution in [0.5, 0.6) is 0 Å². The van der Waals surface area contributed by atoms with Gasteiger partial charge in [-0.2, -0.15) is 0 Å². The standard InChI is InChI=1S/C13H17F2NO/c1-8-4-10(7-17-8)13(16)5-9-2-3-11(14)6-12(9)15/h2-3,6,8,10,13H,4-5,7,16H2,1H3. The third kappa shape index (κ3) is 3.01. The van der Waals surface area contributed by atoms with Gasteiger partial charge in [0.05, 0.1) is 12.7 Å². The lowest BCUT2D eigenvalue weighted by Gasteiger charge is -2.18. The Morgan fingerprint density at radius 2 is 2.24 bits per heavy atom. The van der Waals surface area contributed by atoms with Crippen LogP contribution in [0.4, 0.5) is 8.78 Å². The summed E-state index contributed by atoms with van der Waals surface area (Å²) in [7, 11) is 0. The maximum atomic E-state index is 13.4. The zero-order chi connectivity index (χ0) is 12.4. The summed E-state index contributed by atoms with van der Waals surface area (Å²) in [5, 5.41) is 0. The van der Waals surface area contributed by atoms with E-state index in [1.54, 1.807) is 0 Å². The Hall–Kier alpha value is -1.00. The van der Waals surface area contributed by atoms with Gasteiger partial charge in [0.1, 0.15) is 11.6 Å². The molecule has 1 aromatic rings. The van der Waals surface area contributed by atoms with E-state index in [4.69, 9.17) is 10.5 Å². The second-order valence-corrected chi connectivity index (χ2v) is 4.74. The van der Waals surface area contributed by atoms with E-state index >= 15 is 0 Å². The van der Waals surface area contributed by atoms with Gasteiger partial charge in [-0.1, -0.05) is 6.07 Å². The Kier molecular flexibility index (Phi) is 3.74. The van der Waals surface area contributed by atoms with E-state index < -0.39 is 11.6 Å². The monoisotopic (exact) mass is 241 g/mol. The molecule has 3 atom stereocenters. The predicted molar refractivity (Wildman–Crippen MR) is 61.6 cm³/mol. The summed E-state index contributed by atoms with van der Waals surface area (Å²) in [4.78, 5) is 0. The lowest BCUT2D eigenvalue weighted by molar-refractivity contribution is 0.118. The highest BCUT2D eigenvalue weighted by Crippen LogP contribution is 2.24. The van der Waals surface area contributed by atoms with Gasteiger partial charge in [-0.25, -0.2) is 8.78 Å². The van der Waals surface area contributed by atoms with E-state index in [0.717, 1.165) is 12.5 Å². The van der Waals surface area contributed by atoms with E-state index in [-0.39, 0.29) is 18.1 Å². The molecule has 0 radical (unpaired) electrons. The number of benzene rings is 1. The fourth-order valence-corrected chi connectivity index (χ4v) is 2.26. The van der Waals surface area contributed by atoms with E-state index in [9.17, 15) is 8.78 Å². The molecule has 0 spiro atoms. The van der Waals surface area contributed by atoms with Gasteiger partial charge in [-0.05, 0) is 31.4 Å². The molecule has 4 heteroatoms. The molecule has 17 heavy (non-hydrogen) atoms. The second kappa shape index (κ2) is 5.10. The summed E-state index contributed by atoms with van der Waals surface area (Å²) < 4.78 is 31.6. The molecular formula is C13H17F2NO. The fourth-order valence-electron chi connectivity index (χ4n) is 2.26. The smallest absolute Gasteiger partial charge is 0.129 e. The lowest BCUT2D eigenvalue weighted by atomic mass is 9.92. The molecule has 1 aliphatic heterocycles. The van der Waals surface area contributed by atoms with Crippen molar-refractivity contribution in [2.24, 2.45) is 11.7 Å². The van der Waals surface area contributed by atoms with Gasteiger partial charge < -0.3 is 10.5 Å². The SMILES string of the molecule is CC1CC(C(N)Cc2ccc(F)cc2F)CO1. The number of hydrogen-bond acceptors (Lipinski definition) is 2. The van der Waals surface area contributed by atoms with Crippen LogP contribution in [0.1, 0.15) is 18.9 Å². The number of rotatable bonds is 3. The van der Waals surface area contributed by atoms with Crippen molar-refractivity contribution < 1.29 is 13.5 Å². The fraction of sp³-hybridized carbons (Fsp3) is 0.538. The largest absolute Gasteiger partial charge is 0.378 e. The van der Waals surface area contributed by atoms with Crippen LogP contribution in [0.2, 0.25) is 0 Å². The van der Waals surface area contributed by atoms with Gasteiger partial charge in [0.25, 0.3) is 0 Å². The molecule has 2 nitrogen and oxygen atoms in total. The van der Waals surface area contributed by atoms with Crippen molar-refractivity contribution in [1.82, 2.24) is 0 Å². The summed E-state index contributed by atoms with van der Waals surface area (Å²) >= 11 is 0. The topological polar surface area (TPSA) is 35.2 Å².